The van der Waals surface area contributed by atoms with E-state index in [0.717, 1.165) is 29.8 Å². The van der Waals surface area contributed by atoms with Gasteiger partial charge in [-0.1, -0.05) is 12.1 Å². The number of nitrogens with zero attached hydrogens (tertiary/aromatic N) is 1. The number of piperazine rings is 1. The highest BCUT2D eigenvalue weighted by Crippen LogP contribution is 2.25. The minimum atomic E-state index is -0.906. The second kappa shape index (κ2) is 8.12. The van der Waals surface area contributed by atoms with Crippen LogP contribution in [0, 0.1) is 0 Å². The van der Waals surface area contributed by atoms with E-state index in [-0.39, 0.29) is 0 Å². The molecule has 0 aliphatic carbocycles. The second-order valence-corrected chi connectivity index (χ2v) is 9.35. The van der Waals surface area contributed by atoms with Crippen molar-refractivity contribution in [3.63, 3.8) is 0 Å². The van der Waals surface area contributed by atoms with E-state index in [1.54, 1.807) is 6.26 Å². The van der Waals surface area contributed by atoms with E-state index >= 15 is 0 Å². The third kappa shape index (κ3) is 4.79. The molecule has 0 amide bonds. The Bertz CT molecular complexity index is 531. The highest BCUT2D eigenvalue weighted by atomic mass is 32.2. The zero-order chi connectivity index (χ0) is 16.2. The molecule has 1 aromatic carbocycles. The fourth-order valence-corrected chi connectivity index (χ4v) is 5.08. The maximum absolute atomic E-state index is 11.5. The number of benzene rings is 1. The summed E-state index contributed by atoms with van der Waals surface area (Å²) in [5, 5.41) is 8.21. The molecule has 128 valence electrons. The summed E-state index contributed by atoms with van der Waals surface area (Å²) < 4.78 is 11.5. The van der Waals surface area contributed by atoms with Crippen molar-refractivity contribution in [3.8, 4) is 0 Å². The number of thioether (sulfide) groups is 1. The zero-order valence-electron chi connectivity index (χ0n) is 14.0. The smallest absolute Gasteiger partial charge is 0.0708 e. The SMILES string of the molecule is CN1CC(NCC2CCCS2)NC(c2ccc(S(C)=O)cc2)C1. The minimum absolute atomic E-state index is 0.321. The first-order valence-electron chi connectivity index (χ1n) is 8.35. The molecule has 23 heavy (non-hydrogen) atoms. The molecule has 0 spiro atoms. The van der Waals surface area contributed by atoms with Crippen LogP contribution in [0.1, 0.15) is 24.4 Å². The maximum atomic E-state index is 11.5. The Balaban J connectivity index is 1.59. The Kier molecular flexibility index (Phi) is 6.15. The van der Waals surface area contributed by atoms with Gasteiger partial charge in [-0.15, -0.1) is 0 Å². The van der Waals surface area contributed by atoms with Crippen molar-refractivity contribution >= 4 is 22.6 Å². The van der Waals surface area contributed by atoms with Gasteiger partial charge in [-0.25, -0.2) is 0 Å². The Hall–Kier alpha value is -0.400. The average molecular weight is 354 g/mol. The molecular formula is C17H27N3OS2. The first-order valence-corrected chi connectivity index (χ1v) is 11.0. The summed E-state index contributed by atoms with van der Waals surface area (Å²) in [6.45, 7) is 3.13. The van der Waals surface area contributed by atoms with Crippen LogP contribution < -0.4 is 10.6 Å². The molecule has 2 aliphatic heterocycles. The quantitative estimate of drug-likeness (QED) is 0.845. The summed E-state index contributed by atoms with van der Waals surface area (Å²) in [4.78, 5) is 3.28. The lowest BCUT2D eigenvalue weighted by molar-refractivity contribution is 0.172. The number of likely N-dealkylation sites (N-methyl/N-ethyl adjacent to an activating group) is 1. The van der Waals surface area contributed by atoms with Gasteiger partial charge in [0, 0.05) is 52.9 Å². The van der Waals surface area contributed by atoms with Gasteiger partial charge < -0.3 is 4.90 Å². The van der Waals surface area contributed by atoms with Gasteiger partial charge in [-0.3, -0.25) is 14.8 Å². The summed E-state index contributed by atoms with van der Waals surface area (Å²) in [5.74, 6) is 1.32. The molecular weight excluding hydrogens is 326 g/mol. The average Bonchev–Trinajstić information content (AvgIpc) is 3.06. The van der Waals surface area contributed by atoms with Crippen LogP contribution in [0.5, 0.6) is 0 Å². The number of hydrogen-bond acceptors (Lipinski definition) is 5. The molecule has 2 aliphatic rings. The summed E-state index contributed by atoms with van der Waals surface area (Å²) in [6, 6.07) is 8.51. The first-order chi connectivity index (χ1) is 11.1. The normalized spacial score (nSPS) is 30.4. The largest absolute Gasteiger partial charge is 0.302 e. The van der Waals surface area contributed by atoms with Gasteiger partial charge in [-0.05, 0) is 43.3 Å². The highest BCUT2D eigenvalue weighted by molar-refractivity contribution is 8.00. The van der Waals surface area contributed by atoms with E-state index in [4.69, 9.17) is 0 Å². The summed E-state index contributed by atoms with van der Waals surface area (Å²) >= 11 is 2.10. The van der Waals surface area contributed by atoms with E-state index in [9.17, 15) is 4.21 Å². The number of nitrogens with one attached hydrogen (secondary N) is 2. The molecule has 1 aromatic rings. The van der Waals surface area contributed by atoms with Gasteiger partial charge in [0.2, 0.25) is 0 Å². The Morgan fingerprint density at radius 1 is 1.35 bits per heavy atom. The lowest BCUT2D eigenvalue weighted by Gasteiger charge is -2.38. The van der Waals surface area contributed by atoms with E-state index < -0.39 is 10.8 Å². The predicted molar refractivity (Wildman–Crippen MR) is 99.4 cm³/mol. The molecule has 4 nitrogen and oxygen atoms in total. The van der Waals surface area contributed by atoms with Crippen LogP contribution in [0.3, 0.4) is 0 Å². The van der Waals surface area contributed by atoms with E-state index in [1.165, 1.54) is 24.2 Å². The van der Waals surface area contributed by atoms with Crippen molar-refractivity contribution in [2.45, 2.75) is 35.2 Å². The third-order valence-electron chi connectivity index (χ3n) is 4.62. The number of rotatable bonds is 5. The zero-order valence-corrected chi connectivity index (χ0v) is 15.6. The van der Waals surface area contributed by atoms with Crippen molar-refractivity contribution < 1.29 is 4.21 Å². The fourth-order valence-electron chi connectivity index (χ4n) is 3.34. The predicted octanol–water partition coefficient (Wildman–Crippen LogP) is 1.81. The van der Waals surface area contributed by atoms with Crippen LogP contribution in [0.25, 0.3) is 0 Å². The molecule has 2 N–H and O–H groups in total. The first kappa shape index (κ1) is 17.4. The van der Waals surface area contributed by atoms with E-state index in [1.807, 2.05) is 12.1 Å². The van der Waals surface area contributed by atoms with Gasteiger partial charge in [0.25, 0.3) is 0 Å². The van der Waals surface area contributed by atoms with E-state index in [2.05, 4.69) is 46.5 Å². The Morgan fingerprint density at radius 3 is 2.78 bits per heavy atom. The van der Waals surface area contributed by atoms with Gasteiger partial charge in [0.1, 0.15) is 0 Å². The van der Waals surface area contributed by atoms with Crippen molar-refractivity contribution in [1.82, 2.24) is 15.5 Å². The van der Waals surface area contributed by atoms with Gasteiger partial charge in [0.05, 0.1) is 6.17 Å². The van der Waals surface area contributed by atoms with Crippen LogP contribution in [-0.4, -0.2) is 59.2 Å². The van der Waals surface area contributed by atoms with Crippen LogP contribution >= 0.6 is 11.8 Å². The standard InChI is InChI=1S/C17H27N3OS2/c1-20-11-16(13-5-7-15(8-6-13)23(2)21)19-17(12-20)18-10-14-4-3-9-22-14/h5-8,14,16-19H,3-4,9-12H2,1-2H3. The van der Waals surface area contributed by atoms with Gasteiger partial charge >= 0.3 is 0 Å². The van der Waals surface area contributed by atoms with E-state index in [0.29, 0.717) is 12.2 Å². The van der Waals surface area contributed by atoms with Crippen LogP contribution in [0.2, 0.25) is 0 Å². The molecule has 2 heterocycles. The number of hydrogen-bond donors (Lipinski definition) is 2. The molecule has 4 atom stereocenters. The fraction of sp³-hybridized carbons (Fsp3) is 0.647. The molecule has 2 fully saturated rings. The van der Waals surface area contributed by atoms with Crippen LogP contribution in [0.15, 0.2) is 29.2 Å². The maximum Gasteiger partial charge on any atom is 0.0708 e. The highest BCUT2D eigenvalue weighted by Gasteiger charge is 2.26. The van der Waals surface area contributed by atoms with Crippen molar-refractivity contribution in [1.29, 1.82) is 0 Å². The van der Waals surface area contributed by atoms with Gasteiger partial charge in [-0.2, -0.15) is 11.8 Å². The molecule has 0 radical (unpaired) electrons. The molecule has 2 saturated heterocycles. The van der Waals surface area contributed by atoms with Crippen molar-refractivity contribution in [2.75, 3.05) is 38.7 Å². The monoisotopic (exact) mass is 353 g/mol. The van der Waals surface area contributed by atoms with Crippen LogP contribution in [-0.2, 0) is 10.8 Å². The summed E-state index contributed by atoms with van der Waals surface area (Å²) in [5.41, 5.74) is 1.27. The van der Waals surface area contributed by atoms with Crippen molar-refractivity contribution in [2.24, 2.45) is 0 Å². The lowest BCUT2D eigenvalue weighted by Crippen LogP contribution is -2.58. The Morgan fingerprint density at radius 2 is 2.13 bits per heavy atom. The molecule has 4 unspecified atom stereocenters. The van der Waals surface area contributed by atoms with Crippen molar-refractivity contribution in [3.05, 3.63) is 29.8 Å². The van der Waals surface area contributed by atoms with Crippen LogP contribution in [0.4, 0.5) is 0 Å². The molecule has 6 heteroatoms. The third-order valence-corrected chi connectivity index (χ3v) is 6.96. The molecule has 3 rings (SSSR count). The molecule has 0 saturated carbocycles. The Labute approximate surface area is 146 Å². The van der Waals surface area contributed by atoms with Gasteiger partial charge in [0.15, 0.2) is 0 Å². The molecule has 0 bridgehead atoms. The molecule has 0 aromatic heterocycles. The topological polar surface area (TPSA) is 44.4 Å². The lowest BCUT2D eigenvalue weighted by atomic mass is 10.0. The summed E-state index contributed by atoms with van der Waals surface area (Å²) in [6.07, 6.45) is 4.77. The minimum Gasteiger partial charge on any atom is -0.302 e. The summed E-state index contributed by atoms with van der Waals surface area (Å²) in [7, 11) is 1.28. The second-order valence-electron chi connectivity index (χ2n) is 6.56.